The summed E-state index contributed by atoms with van der Waals surface area (Å²) >= 11 is 0. The van der Waals surface area contributed by atoms with Gasteiger partial charge in [-0.25, -0.2) is 0 Å². The molecule has 0 aromatic carbocycles. The zero-order chi connectivity index (χ0) is 50.0. The highest BCUT2D eigenvalue weighted by Gasteiger charge is 2.19. The Morgan fingerprint density at radius 2 is 0.594 bits per heavy atom. The molecule has 0 aromatic heterocycles. The van der Waals surface area contributed by atoms with E-state index in [1.54, 1.807) is 0 Å². The molecule has 0 aliphatic rings. The molecule has 0 saturated heterocycles. The average Bonchev–Trinajstić information content (AvgIpc) is 3.35. The summed E-state index contributed by atoms with van der Waals surface area (Å²) in [4.78, 5) is 38.1. The van der Waals surface area contributed by atoms with Crippen molar-refractivity contribution in [2.24, 2.45) is 0 Å². The Hall–Kier alpha value is -3.67. The molecule has 6 nitrogen and oxygen atoms in total. The summed E-state index contributed by atoms with van der Waals surface area (Å²) in [5.74, 6) is -0.931. The maximum Gasteiger partial charge on any atom is 0.306 e. The minimum atomic E-state index is -0.797. The molecule has 0 spiro atoms. The van der Waals surface area contributed by atoms with Gasteiger partial charge in [0, 0.05) is 19.3 Å². The van der Waals surface area contributed by atoms with Gasteiger partial charge in [0.15, 0.2) is 6.10 Å². The minimum Gasteiger partial charge on any atom is -0.462 e. The smallest absolute Gasteiger partial charge is 0.306 e. The van der Waals surface area contributed by atoms with Crippen LogP contribution < -0.4 is 0 Å². The summed E-state index contributed by atoms with van der Waals surface area (Å²) in [6.07, 6.45) is 75.4. The van der Waals surface area contributed by atoms with Crippen LogP contribution in [0.4, 0.5) is 0 Å². The summed E-state index contributed by atoms with van der Waals surface area (Å²) in [7, 11) is 0. The number of carbonyl (C=O) groups is 3. The van der Waals surface area contributed by atoms with Gasteiger partial charge in [-0.15, -0.1) is 0 Å². The van der Waals surface area contributed by atoms with Crippen molar-refractivity contribution in [3.05, 3.63) is 97.2 Å². The second-order valence-corrected chi connectivity index (χ2v) is 18.8. The predicted octanol–water partition coefficient (Wildman–Crippen LogP) is 19.3. The molecule has 0 N–H and O–H groups in total. The third-order valence-electron chi connectivity index (χ3n) is 12.0. The first-order chi connectivity index (χ1) is 34.0. The monoisotopic (exact) mass is 959 g/mol. The van der Waals surface area contributed by atoms with Gasteiger partial charge in [0.2, 0.25) is 0 Å². The predicted molar refractivity (Wildman–Crippen MR) is 297 cm³/mol. The number of esters is 3. The van der Waals surface area contributed by atoms with Crippen LogP contribution in [0.3, 0.4) is 0 Å². The van der Waals surface area contributed by atoms with Crippen LogP contribution in [0.25, 0.3) is 0 Å². The lowest BCUT2D eigenvalue weighted by Gasteiger charge is -2.18. The van der Waals surface area contributed by atoms with Crippen LogP contribution in [-0.4, -0.2) is 37.2 Å². The van der Waals surface area contributed by atoms with E-state index in [0.717, 1.165) is 148 Å². The fourth-order valence-corrected chi connectivity index (χ4v) is 7.74. The van der Waals surface area contributed by atoms with Crippen LogP contribution in [0.1, 0.15) is 265 Å². The first kappa shape index (κ1) is 65.3. The van der Waals surface area contributed by atoms with E-state index in [1.807, 2.05) is 0 Å². The molecule has 0 amide bonds. The Morgan fingerprint density at radius 3 is 0.942 bits per heavy atom. The molecule has 394 valence electrons. The highest BCUT2D eigenvalue weighted by atomic mass is 16.6. The summed E-state index contributed by atoms with van der Waals surface area (Å²) in [6, 6.07) is 0. The van der Waals surface area contributed by atoms with Crippen molar-refractivity contribution in [2.45, 2.75) is 271 Å². The van der Waals surface area contributed by atoms with Crippen LogP contribution in [0.5, 0.6) is 0 Å². The van der Waals surface area contributed by atoms with Gasteiger partial charge in [-0.05, 0) is 116 Å². The van der Waals surface area contributed by atoms with Crippen molar-refractivity contribution in [1.29, 1.82) is 0 Å². The zero-order valence-electron chi connectivity index (χ0n) is 45.0. The lowest BCUT2D eigenvalue weighted by atomic mass is 10.1. The third-order valence-corrected chi connectivity index (χ3v) is 12.0. The summed E-state index contributed by atoms with van der Waals surface area (Å²) < 4.78 is 16.8. The lowest BCUT2D eigenvalue weighted by Crippen LogP contribution is -2.30. The molecule has 0 fully saturated rings. The van der Waals surface area contributed by atoms with Gasteiger partial charge in [-0.2, -0.15) is 0 Å². The molecule has 0 saturated carbocycles. The van der Waals surface area contributed by atoms with E-state index in [4.69, 9.17) is 14.2 Å². The molecule has 1 atom stereocenters. The van der Waals surface area contributed by atoms with Gasteiger partial charge in [0.25, 0.3) is 0 Å². The molecular weight excluding hydrogens is 853 g/mol. The van der Waals surface area contributed by atoms with Gasteiger partial charge < -0.3 is 14.2 Å². The summed E-state index contributed by atoms with van der Waals surface area (Å²) in [5.41, 5.74) is 0. The molecule has 0 aliphatic carbocycles. The van der Waals surface area contributed by atoms with E-state index in [2.05, 4.69) is 118 Å². The van der Waals surface area contributed by atoms with Gasteiger partial charge >= 0.3 is 17.9 Å². The molecule has 0 radical (unpaired) electrons. The maximum absolute atomic E-state index is 12.8. The Bertz CT molecular complexity index is 1380. The first-order valence-corrected chi connectivity index (χ1v) is 28.7. The van der Waals surface area contributed by atoms with E-state index < -0.39 is 6.10 Å². The van der Waals surface area contributed by atoms with E-state index in [0.29, 0.717) is 19.3 Å². The van der Waals surface area contributed by atoms with E-state index in [1.165, 1.54) is 77.0 Å². The Morgan fingerprint density at radius 1 is 0.304 bits per heavy atom. The van der Waals surface area contributed by atoms with Crippen molar-refractivity contribution in [3.63, 3.8) is 0 Å². The SMILES string of the molecule is CC/C=C\C/C=C\C/C=C\CCCCCCCC(=O)OC(COC(=O)CCCCCCC/C=C\C/C=C\CCC)COC(=O)CCCCCCCCCC/C=C\C/C=C\C/C=C\CCCCCCC. The number of ether oxygens (including phenoxy) is 3. The topological polar surface area (TPSA) is 78.9 Å². The molecule has 1 unspecified atom stereocenters. The average molecular weight is 960 g/mol. The second kappa shape index (κ2) is 56.9. The highest BCUT2D eigenvalue weighted by Crippen LogP contribution is 2.14. The largest absolute Gasteiger partial charge is 0.462 e. The molecule has 69 heavy (non-hydrogen) atoms. The van der Waals surface area contributed by atoms with Crippen LogP contribution in [-0.2, 0) is 28.6 Å². The molecule has 0 bridgehead atoms. The van der Waals surface area contributed by atoms with Crippen LogP contribution in [0.15, 0.2) is 97.2 Å². The van der Waals surface area contributed by atoms with E-state index in [-0.39, 0.29) is 31.1 Å². The maximum atomic E-state index is 12.8. The number of hydrogen-bond acceptors (Lipinski definition) is 6. The highest BCUT2D eigenvalue weighted by molar-refractivity contribution is 5.71. The van der Waals surface area contributed by atoms with Crippen LogP contribution in [0.2, 0.25) is 0 Å². The number of rotatable bonds is 51. The second-order valence-electron chi connectivity index (χ2n) is 18.8. The van der Waals surface area contributed by atoms with Crippen molar-refractivity contribution in [1.82, 2.24) is 0 Å². The number of unbranched alkanes of at least 4 members (excludes halogenated alkanes) is 24. The fourth-order valence-electron chi connectivity index (χ4n) is 7.74. The lowest BCUT2D eigenvalue weighted by molar-refractivity contribution is -0.167. The minimum absolute atomic E-state index is 0.0939. The molecule has 0 aromatic rings. The van der Waals surface area contributed by atoms with Crippen LogP contribution >= 0.6 is 0 Å². The van der Waals surface area contributed by atoms with Gasteiger partial charge in [-0.3, -0.25) is 14.4 Å². The standard InChI is InChI=1S/C63H106O6/c1-4-7-10-13-16-19-22-25-27-28-29-30-31-32-33-34-36-38-41-44-47-50-53-56-62(65)68-59-60(58-67-61(64)55-52-49-46-43-40-37-24-21-18-15-12-9-6-3)69-63(66)57-54-51-48-45-42-39-35-26-23-20-17-14-11-8-5-2/h8,11-12,15,17,20-22,24-26,28-29,31-32,35,60H,4-7,9-10,13-14,16,18-19,23,27,30,33-34,36-59H2,1-3H3/b11-8-,15-12-,20-17-,24-21-,25-22-,29-28-,32-31-,35-26-. The Labute approximate surface area is 426 Å². The van der Waals surface area contributed by atoms with Crippen molar-refractivity contribution in [2.75, 3.05) is 13.2 Å². The van der Waals surface area contributed by atoms with E-state index in [9.17, 15) is 14.4 Å². The molecule has 6 heteroatoms. The van der Waals surface area contributed by atoms with Crippen LogP contribution in [0, 0.1) is 0 Å². The Balaban J connectivity index is 4.38. The third kappa shape index (κ3) is 55.1. The van der Waals surface area contributed by atoms with Crippen molar-refractivity contribution >= 4 is 17.9 Å². The molecular formula is C63H106O6. The summed E-state index contributed by atoms with van der Waals surface area (Å²) in [5, 5.41) is 0. The normalized spacial score (nSPS) is 12.8. The Kier molecular flexibility index (Phi) is 53.9. The van der Waals surface area contributed by atoms with E-state index >= 15 is 0 Å². The van der Waals surface area contributed by atoms with Gasteiger partial charge in [0.05, 0.1) is 0 Å². The quantitative estimate of drug-likeness (QED) is 0.0262. The number of allylic oxidation sites excluding steroid dienone is 16. The number of carbonyl (C=O) groups excluding carboxylic acids is 3. The van der Waals surface area contributed by atoms with Crippen molar-refractivity contribution < 1.29 is 28.6 Å². The van der Waals surface area contributed by atoms with Crippen molar-refractivity contribution in [3.8, 4) is 0 Å². The number of hydrogen-bond donors (Lipinski definition) is 0. The molecule has 0 rings (SSSR count). The van der Waals surface area contributed by atoms with Gasteiger partial charge in [-0.1, -0.05) is 227 Å². The van der Waals surface area contributed by atoms with Gasteiger partial charge in [0.1, 0.15) is 13.2 Å². The molecule has 0 aliphatic heterocycles. The first-order valence-electron chi connectivity index (χ1n) is 28.7. The summed E-state index contributed by atoms with van der Waals surface area (Å²) in [6.45, 7) is 6.42. The molecule has 0 heterocycles. The fraction of sp³-hybridized carbons (Fsp3) is 0.698. The zero-order valence-corrected chi connectivity index (χ0v) is 45.0.